The van der Waals surface area contributed by atoms with Crippen molar-refractivity contribution < 1.29 is 4.92 Å². The van der Waals surface area contributed by atoms with Gasteiger partial charge in [0.05, 0.1) is 4.92 Å². The summed E-state index contributed by atoms with van der Waals surface area (Å²) < 4.78 is 0. The highest BCUT2D eigenvalue weighted by molar-refractivity contribution is 9.09. The average Bonchev–Trinajstić information content (AvgIpc) is 2.67. The fourth-order valence-corrected chi connectivity index (χ4v) is 3.37. The largest absolute Gasteiger partial charge is 0.272 e. The van der Waals surface area contributed by atoms with Gasteiger partial charge >= 0.3 is 0 Å². The van der Waals surface area contributed by atoms with Crippen LogP contribution in [0.2, 0.25) is 0 Å². The van der Waals surface area contributed by atoms with E-state index in [-0.39, 0.29) is 10.6 Å². The van der Waals surface area contributed by atoms with Gasteiger partial charge < -0.3 is 0 Å². The minimum absolute atomic E-state index is 0.242. The van der Waals surface area contributed by atoms with E-state index in [9.17, 15) is 10.1 Å². The van der Waals surface area contributed by atoms with E-state index in [0.29, 0.717) is 10.7 Å². The van der Waals surface area contributed by atoms with Gasteiger partial charge in [-0.1, -0.05) is 34.5 Å². The molecule has 0 heterocycles. The van der Waals surface area contributed by atoms with Crippen LogP contribution in [0.5, 0.6) is 0 Å². The van der Waals surface area contributed by atoms with Crippen molar-refractivity contribution in [3.8, 4) is 0 Å². The van der Waals surface area contributed by atoms with Crippen molar-refractivity contribution in [1.29, 1.82) is 0 Å². The molecule has 0 bridgehead atoms. The van der Waals surface area contributed by atoms with Crippen LogP contribution in [0, 0.1) is 23.0 Å². The van der Waals surface area contributed by atoms with E-state index in [1.165, 1.54) is 19.3 Å². The molecule has 3 nitrogen and oxygen atoms in total. The Morgan fingerprint density at radius 1 is 1.47 bits per heavy atom. The maximum absolute atomic E-state index is 10.9. The molecular formula is C13H16BrNO2. The van der Waals surface area contributed by atoms with Crippen molar-refractivity contribution in [2.24, 2.45) is 5.92 Å². The standard InChI is InChI=1S/C13H16BrNO2/c1-9-10(4-3-7-13(9)15(16)17)8-11-5-2-6-12(11)14/h3-4,7,11-12H,2,5-6,8H2,1H3. The molecule has 1 aliphatic carbocycles. The van der Waals surface area contributed by atoms with E-state index in [1.807, 2.05) is 13.0 Å². The third kappa shape index (κ3) is 2.68. The highest BCUT2D eigenvalue weighted by atomic mass is 79.9. The van der Waals surface area contributed by atoms with Gasteiger partial charge in [0.1, 0.15) is 0 Å². The normalized spacial score (nSPS) is 23.9. The second-order valence-electron chi connectivity index (χ2n) is 4.73. The monoisotopic (exact) mass is 297 g/mol. The fraction of sp³-hybridized carbons (Fsp3) is 0.538. The molecule has 0 amide bonds. The molecule has 4 heteroatoms. The molecule has 0 spiro atoms. The molecule has 2 unspecified atom stereocenters. The summed E-state index contributed by atoms with van der Waals surface area (Å²) in [4.78, 5) is 11.1. The number of benzene rings is 1. The third-order valence-corrected chi connectivity index (χ3v) is 4.87. The molecule has 0 radical (unpaired) electrons. The van der Waals surface area contributed by atoms with E-state index in [0.717, 1.165) is 17.5 Å². The molecule has 1 aromatic carbocycles. The number of nitro groups is 1. The van der Waals surface area contributed by atoms with Crippen molar-refractivity contribution in [3.63, 3.8) is 0 Å². The first-order valence-electron chi connectivity index (χ1n) is 5.96. The minimum Gasteiger partial charge on any atom is -0.258 e. The number of alkyl halides is 1. The van der Waals surface area contributed by atoms with Gasteiger partial charge in [-0.15, -0.1) is 0 Å². The number of rotatable bonds is 3. The van der Waals surface area contributed by atoms with E-state index in [4.69, 9.17) is 0 Å². The van der Waals surface area contributed by atoms with Crippen molar-refractivity contribution in [3.05, 3.63) is 39.4 Å². The quantitative estimate of drug-likeness (QED) is 0.481. The van der Waals surface area contributed by atoms with Crippen LogP contribution in [-0.4, -0.2) is 9.75 Å². The molecule has 92 valence electrons. The van der Waals surface area contributed by atoms with Gasteiger partial charge in [0.15, 0.2) is 0 Å². The predicted molar refractivity (Wildman–Crippen MR) is 71.6 cm³/mol. The summed E-state index contributed by atoms with van der Waals surface area (Å²) in [5.41, 5.74) is 2.19. The molecular weight excluding hydrogens is 282 g/mol. The van der Waals surface area contributed by atoms with Gasteiger partial charge in [-0.2, -0.15) is 0 Å². The summed E-state index contributed by atoms with van der Waals surface area (Å²) in [6, 6.07) is 5.39. The van der Waals surface area contributed by atoms with Gasteiger partial charge in [0.25, 0.3) is 5.69 Å². The Balaban J connectivity index is 2.21. The van der Waals surface area contributed by atoms with Gasteiger partial charge in [-0.05, 0) is 37.7 Å². The van der Waals surface area contributed by atoms with E-state index in [2.05, 4.69) is 15.9 Å². The molecule has 17 heavy (non-hydrogen) atoms. The zero-order valence-corrected chi connectivity index (χ0v) is 11.4. The zero-order valence-electron chi connectivity index (χ0n) is 9.86. The highest BCUT2D eigenvalue weighted by Crippen LogP contribution is 2.35. The van der Waals surface area contributed by atoms with Crippen LogP contribution < -0.4 is 0 Å². The third-order valence-electron chi connectivity index (χ3n) is 3.66. The lowest BCUT2D eigenvalue weighted by Gasteiger charge is -2.15. The topological polar surface area (TPSA) is 43.1 Å². The van der Waals surface area contributed by atoms with Crippen LogP contribution >= 0.6 is 15.9 Å². The van der Waals surface area contributed by atoms with Gasteiger partial charge in [-0.25, -0.2) is 0 Å². The molecule has 0 N–H and O–H groups in total. The molecule has 1 aromatic rings. The highest BCUT2D eigenvalue weighted by Gasteiger charge is 2.26. The summed E-state index contributed by atoms with van der Waals surface area (Å²) >= 11 is 3.70. The lowest BCUT2D eigenvalue weighted by molar-refractivity contribution is -0.385. The lowest BCUT2D eigenvalue weighted by atomic mass is 9.94. The first-order chi connectivity index (χ1) is 8.09. The molecule has 1 saturated carbocycles. The molecule has 0 aliphatic heterocycles. The number of hydrogen-bond donors (Lipinski definition) is 0. The average molecular weight is 298 g/mol. The summed E-state index contributed by atoms with van der Waals surface area (Å²) in [5, 5.41) is 10.9. The number of nitro benzene ring substituents is 1. The summed E-state index contributed by atoms with van der Waals surface area (Å²) in [5.74, 6) is 0.621. The molecule has 0 saturated heterocycles. The summed E-state index contributed by atoms with van der Waals surface area (Å²) in [7, 11) is 0. The minimum atomic E-state index is -0.293. The molecule has 1 fully saturated rings. The van der Waals surface area contributed by atoms with Crippen LogP contribution in [0.1, 0.15) is 30.4 Å². The maximum Gasteiger partial charge on any atom is 0.272 e. The molecule has 1 aliphatic rings. The van der Waals surface area contributed by atoms with E-state index in [1.54, 1.807) is 12.1 Å². The van der Waals surface area contributed by atoms with Crippen LogP contribution in [0.25, 0.3) is 0 Å². The Morgan fingerprint density at radius 3 is 2.82 bits per heavy atom. The SMILES string of the molecule is Cc1c(CC2CCCC2Br)cccc1[N+](=O)[O-]. The number of hydrogen-bond acceptors (Lipinski definition) is 2. The van der Waals surface area contributed by atoms with Crippen molar-refractivity contribution in [2.75, 3.05) is 0 Å². The Hall–Kier alpha value is -0.900. The zero-order chi connectivity index (χ0) is 12.4. The van der Waals surface area contributed by atoms with Gasteiger partial charge in [0.2, 0.25) is 0 Å². The second kappa shape index (κ2) is 5.17. The fourth-order valence-electron chi connectivity index (χ4n) is 2.59. The van der Waals surface area contributed by atoms with Crippen LogP contribution in [-0.2, 0) is 6.42 Å². The maximum atomic E-state index is 10.9. The number of halogens is 1. The molecule has 0 aromatic heterocycles. The van der Waals surface area contributed by atoms with Gasteiger partial charge in [-0.3, -0.25) is 10.1 Å². The van der Waals surface area contributed by atoms with Gasteiger partial charge in [0, 0.05) is 16.5 Å². The predicted octanol–water partition coefficient (Wildman–Crippen LogP) is 4.01. The Bertz CT molecular complexity index is 433. The van der Waals surface area contributed by atoms with Crippen LogP contribution in [0.15, 0.2) is 18.2 Å². The van der Waals surface area contributed by atoms with Crippen LogP contribution in [0.4, 0.5) is 5.69 Å². The van der Waals surface area contributed by atoms with E-state index < -0.39 is 0 Å². The number of nitrogens with zero attached hydrogens (tertiary/aromatic N) is 1. The second-order valence-corrected chi connectivity index (χ2v) is 5.91. The molecule has 2 rings (SSSR count). The van der Waals surface area contributed by atoms with Crippen molar-refractivity contribution in [1.82, 2.24) is 0 Å². The Morgan fingerprint density at radius 2 is 2.24 bits per heavy atom. The summed E-state index contributed by atoms with van der Waals surface area (Å²) in [6.07, 6.45) is 4.65. The summed E-state index contributed by atoms with van der Waals surface area (Å²) in [6.45, 7) is 1.85. The first kappa shape index (κ1) is 12.6. The Kier molecular flexibility index (Phi) is 3.82. The smallest absolute Gasteiger partial charge is 0.258 e. The lowest BCUT2D eigenvalue weighted by Crippen LogP contribution is -2.11. The van der Waals surface area contributed by atoms with E-state index >= 15 is 0 Å². The first-order valence-corrected chi connectivity index (χ1v) is 6.88. The van der Waals surface area contributed by atoms with Crippen molar-refractivity contribution >= 4 is 21.6 Å². The Labute approximate surface area is 110 Å². The molecule has 2 atom stereocenters. The van der Waals surface area contributed by atoms with Crippen LogP contribution in [0.3, 0.4) is 0 Å². The van der Waals surface area contributed by atoms with Crippen molar-refractivity contribution in [2.45, 2.75) is 37.4 Å².